The van der Waals surface area contributed by atoms with Gasteiger partial charge >= 0.3 is 0 Å². The maximum Gasteiger partial charge on any atom is 0.240 e. The molecular weight excluding hydrogens is 234 g/mol. The molecule has 1 aromatic rings. The van der Waals surface area contributed by atoms with Crippen LogP contribution < -0.4 is 5.32 Å². The van der Waals surface area contributed by atoms with Gasteiger partial charge in [0.2, 0.25) is 5.91 Å². The third kappa shape index (κ3) is 3.78. The number of aromatic nitrogens is 1. The van der Waals surface area contributed by atoms with Crippen LogP contribution in [-0.4, -0.2) is 35.4 Å². The van der Waals surface area contributed by atoms with Crippen LogP contribution in [0.15, 0.2) is 11.6 Å². The summed E-state index contributed by atoms with van der Waals surface area (Å²) < 4.78 is 0. The Bertz CT molecular complexity index is 365. The minimum atomic E-state index is 0.0413. The third-order valence-corrected chi connectivity index (χ3v) is 3.94. The fourth-order valence-electron chi connectivity index (χ4n) is 1.96. The Morgan fingerprint density at radius 3 is 2.82 bits per heavy atom. The molecule has 0 spiro atoms. The summed E-state index contributed by atoms with van der Waals surface area (Å²) in [6, 6.07) is 0. The summed E-state index contributed by atoms with van der Waals surface area (Å²) in [5, 5.41) is 5.36. The van der Waals surface area contributed by atoms with Crippen LogP contribution in [0.2, 0.25) is 0 Å². The summed E-state index contributed by atoms with van der Waals surface area (Å²) in [4.78, 5) is 18.0. The maximum absolute atomic E-state index is 11.8. The van der Waals surface area contributed by atoms with Gasteiger partial charge in [-0.2, -0.15) is 0 Å². The highest BCUT2D eigenvalue weighted by molar-refractivity contribution is 7.13. The number of thiazole rings is 1. The Morgan fingerprint density at radius 1 is 1.53 bits per heavy atom. The summed E-state index contributed by atoms with van der Waals surface area (Å²) in [5.41, 5.74) is 0.433. The summed E-state index contributed by atoms with van der Waals surface area (Å²) >= 11 is 1.45. The Hall–Kier alpha value is -0.940. The van der Waals surface area contributed by atoms with Crippen LogP contribution in [0.3, 0.4) is 0 Å². The molecule has 0 bridgehead atoms. The fraction of sp³-hybridized carbons (Fsp3) is 0.667. The van der Waals surface area contributed by atoms with Crippen molar-refractivity contribution in [2.75, 3.05) is 25.0 Å². The predicted octanol–water partition coefficient (Wildman–Crippen LogP) is 2.20. The second kappa shape index (κ2) is 5.14. The van der Waals surface area contributed by atoms with Crippen molar-refractivity contribution < 1.29 is 4.79 Å². The average molecular weight is 253 g/mol. The summed E-state index contributed by atoms with van der Waals surface area (Å²) in [6.07, 6.45) is 4.03. The zero-order valence-electron chi connectivity index (χ0n) is 10.4. The Kier molecular flexibility index (Phi) is 3.79. The smallest absolute Gasteiger partial charge is 0.240 e. The molecule has 0 unspecified atom stereocenters. The van der Waals surface area contributed by atoms with Gasteiger partial charge in [0.15, 0.2) is 5.13 Å². The van der Waals surface area contributed by atoms with Gasteiger partial charge in [-0.05, 0) is 31.3 Å². The topological polar surface area (TPSA) is 45.2 Å². The van der Waals surface area contributed by atoms with Gasteiger partial charge in [-0.25, -0.2) is 4.98 Å². The molecule has 0 aliphatic carbocycles. The van der Waals surface area contributed by atoms with E-state index in [1.54, 1.807) is 6.20 Å². The van der Waals surface area contributed by atoms with Gasteiger partial charge in [-0.3, -0.25) is 9.69 Å². The number of piperidine rings is 1. The summed E-state index contributed by atoms with van der Waals surface area (Å²) in [6.45, 7) is 7.09. The molecule has 2 heterocycles. The second-order valence-electron chi connectivity index (χ2n) is 5.33. The highest BCUT2D eigenvalue weighted by Gasteiger charge is 2.26. The van der Waals surface area contributed by atoms with Crippen LogP contribution in [0, 0.1) is 5.41 Å². The Labute approximate surface area is 106 Å². The molecule has 1 amide bonds. The van der Waals surface area contributed by atoms with Crippen molar-refractivity contribution in [1.82, 2.24) is 9.88 Å². The SMILES string of the molecule is CC1(C)CCN(CC(=O)Nc2nccs2)CC1. The van der Waals surface area contributed by atoms with E-state index >= 15 is 0 Å². The predicted molar refractivity (Wildman–Crippen MR) is 70.2 cm³/mol. The fourth-order valence-corrected chi connectivity index (χ4v) is 2.51. The molecule has 1 aromatic heterocycles. The van der Waals surface area contributed by atoms with E-state index in [0.29, 0.717) is 17.1 Å². The molecule has 17 heavy (non-hydrogen) atoms. The van der Waals surface area contributed by atoms with Crippen LogP contribution in [0.1, 0.15) is 26.7 Å². The highest BCUT2D eigenvalue weighted by Crippen LogP contribution is 2.29. The van der Waals surface area contributed by atoms with Crippen LogP contribution >= 0.6 is 11.3 Å². The third-order valence-electron chi connectivity index (χ3n) is 3.26. The van der Waals surface area contributed by atoms with E-state index in [-0.39, 0.29) is 5.91 Å². The monoisotopic (exact) mass is 253 g/mol. The van der Waals surface area contributed by atoms with E-state index in [4.69, 9.17) is 0 Å². The van der Waals surface area contributed by atoms with Crippen molar-refractivity contribution >= 4 is 22.4 Å². The lowest BCUT2D eigenvalue weighted by atomic mass is 9.83. The van der Waals surface area contributed by atoms with Crippen molar-refractivity contribution in [2.24, 2.45) is 5.41 Å². The number of carbonyl (C=O) groups is 1. The summed E-state index contributed by atoms with van der Waals surface area (Å²) in [5.74, 6) is 0.0413. The standard InChI is InChI=1S/C12H19N3OS/c1-12(2)3-6-15(7-4-12)9-10(16)14-11-13-5-8-17-11/h5,8H,3-4,6-7,9H2,1-2H3,(H,13,14,16). The van der Waals surface area contributed by atoms with Gasteiger partial charge < -0.3 is 5.32 Å². The van der Waals surface area contributed by atoms with Gasteiger partial charge in [0.25, 0.3) is 0 Å². The van der Waals surface area contributed by atoms with Gasteiger partial charge in [-0.1, -0.05) is 13.8 Å². The molecular formula is C12H19N3OS. The first-order valence-electron chi connectivity index (χ1n) is 5.97. The number of rotatable bonds is 3. The number of likely N-dealkylation sites (tertiary alicyclic amines) is 1. The second-order valence-corrected chi connectivity index (χ2v) is 6.22. The average Bonchev–Trinajstić information content (AvgIpc) is 2.74. The van der Waals surface area contributed by atoms with E-state index in [1.165, 1.54) is 11.3 Å². The molecule has 0 saturated carbocycles. The summed E-state index contributed by atoms with van der Waals surface area (Å²) in [7, 11) is 0. The minimum absolute atomic E-state index is 0.0413. The van der Waals surface area contributed by atoms with E-state index in [2.05, 4.69) is 29.0 Å². The molecule has 5 heteroatoms. The van der Waals surface area contributed by atoms with Crippen molar-refractivity contribution in [3.63, 3.8) is 0 Å². The number of nitrogens with zero attached hydrogens (tertiary/aromatic N) is 2. The van der Waals surface area contributed by atoms with Gasteiger partial charge in [-0.15, -0.1) is 11.3 Å². The lowest BCUT2D eigenvalue weighted by Crippen LogP contribution is -2.41. The minimum Gasteiger partial charge on any atom is -0.301 e. The van der Waals surface area contributed by atoms with Crippen LogP contribution in [-0.2, 0) is 4.79 Å². The maximum atomic E-state index is 11.8. The molecule has 1 N–H and O–H groups in total. The number of nitrogens with one attached hydrogen (secondary N) is 1. The number of hydrogen-bond donors (Lipinski definition) is 1. The molecule has 4 nitrogen and oxygen atoms in total. The van der Waals surface area contributed by atoms with Crippen LogP contribution in [0.25, 0.3) is 0 Å². The molecule has 2 rings (SSSR count). The van der Waals surface area contributed by atoms with Crippen LogP contribution in [0.5, 0.6) is 0 Å². The zero-order chi connectivity index (χ0) is 12.3. The molecule has 1 fully saturated rings. The van der Waals surface area contributed by atoms with Crippen molar-refractivity contribution in [3.05, 3.63) is 11.6 Å². The van der Waals surface area contributed by atoms with E-state index in [0.717, 1.165) is 25.9 Å². The number of anilines is 1. The molecule has 1 saturated heterocycles. The first-order valence-corrected chi connectivity index (χ1v) is 6.85. The lowest BCUT2D eigenvalue weighted by molar-refractivity contribution is -0.117. The lowest BCUT2D eigenvalue weighted by Gasteiger charge is -2.36. The normalized spacial score (nSPS) is 20.1. The quantitative estimate of drug-likeness (QED) is 0.898. The molecule has 0 aromatic carbocycles. The van der Waals surface area contributed by atoms with Crippen molar-refractivity contribution in [3.8, 4) is 0 Å². The Morgan fingerprint density at radius 2 is 2.24 bits per heavy atom. The Balaban J connectivity index is 1.76. The van der Waals surface area contributed by atoms with Crippen LogP contribution in [0.4, 0.5) is 5.13 Å². The first kappa shape index (κ1) is 12.5. The van der Waals surface area contributed by atoms with Crippen molar-refractivity contribution in [1.29, 1.82) is 0 Å². The number of carbonyl (C=O) groups excluding carboxylic acids is 1. The molecule has 0 radical (unpaired) electrons. The molecule has 1 aliphatic rings. The van der Waals surface area contributed by atoms with Crippen molar-refractivity contribution in [2.45, 2.75) is 26.7 Å². The van der Waals surface area contributed by atoms with Gasteiger partial charge in [0.1, 0.15) is 0 Å². The zero-order valence-corrected chi connectivity index (χ0v) is 11.2. The first-order chi connectivity index (χ1) is 8.05. The molecule has 1 aliphatic heterocycles. The van der Waals surface area contributed by atoms with Gasteiger partial charge in [0, 0.05) is 11.6 Å². The molecule has 0 atom stereocenters. The van der Waals surface area contributed by atoms with Gasteiger partial charge in [0.05, 0.1) is 6.54 Å². The highest BCUT2D eigenvalue weighted by atomic mass is 32.1. The van der Waals surface area contributed by atoms with E-state index in [1.807, 2.05) is 5.38 Å². The van der Waals surface area contributed by atoms with E-state index in [9.17, 15) is 4.79 Å². The molecule has 94 valence electrons. The number of amides is 1. The largest absolute Gasteiger partial charge is 0.301 e. The van der Waals surface area contributed by atoms with E-state index < -0.39 is 0 Å². The number of hydrogen-bond acceptors (Lipinski definition) is 4.